The summed E-state index contributed by atoms with van der Waals surface area (Å²) in [6, 6.07) is 3.76. The molecule has 0 saturated carbocycles. The molecule has 1 amide bonds. The van der Waals surface area contributed by atoms with Crippen molar-refractivity contribution in [3.8, 4) is 0 Å². The fraction of sp³-hybridized carbons (Fsp3) is 0.364. The van der Waals surface area contributed by atoms with Crippen LogP contribution in [-0.4, -0.2) is 35.9 Å². The Hall–Kier alpha value is -1.82. The number of carbonyl (C=O) groups excluding carboxylic acids is 1. The van der Waals surface area contributed by atoms with E-state index in [0.717, 1.165) is 0 Å². The fourth-order valence-electron chi connectivity index (χ4n) is 1.47. The number of likely N-dealkylation sites (N-methyl/N-ethyl adjacent to an activating group) is 1. The minimum absolute atomic E-state index is 0.152. The topological polar surface area (TPSA) is 75.5 Å². The predicted molar refractivity (Wildman–Crippen MR) is 69.9 cm³/mol. The number of amides is 1. The van der Waals surface area contributed by atoms with Gasteiger partial charge in [-0.2, -0.15) is 0 Å². The zero-order chi connectivity index (χ0) is 13.9. The molecule has 0 aliphatic carbocycles. The molecule has 0 aliphatic rings. The lowest BCUT2D eigenvalue weighted by Gasteiger charge is -2.19. The first-order chi connectivity index (χ1) is 8.34. The standard InChI is InChI=1S/C11H14ClN3O3/c1-7(11(16)14(2)3)13-10-8(12)5-4-6-9(10)15(17)18/h4-7,13H,1-3H3. The van der Waals surface area contributed by atoms with Crippen molar-refractivity contribution in [1.29, 1.82) is 0 Å². The number of nitro benzene ring substituents is 1. The molecule has 1 N–H and O–H groups in total. The van der Waals surface area contributed by atoms with Gasteiger partial charge < -0.3 is 10.2 Å². The molecule has 0 radical (unpaired) electrons. The predicted octanol–water partition coefficient (Wildman–Crippen LogP) is 2.14. The molecule has 0 aliphatic heterocycles. The number of carbonyl (C=O) groups is 1. The molecule has 0 bridgehead atoms. The molecule has 0 fully saturated rings. The number of rotatable bonds is 4. The maximum atomic E-state index is 11.7. The van der Waals surface area contributed by atoms with Gasteiger partial charge in [-0.05, 0) is 13.0 Å². The third kappa shape index (κ3) is 3.10. The zero-order valence-corrected chi connectivity index (χ0v) is 11.1. The third-order valence-corrected chi connectivity index (χ3v) is 2.68. The molecular formula is C11H14ClN3O3. The number of anilines is 1. The second kappa shape index (κ2) is 5.68. The molecule has 1 aromatic rings. The van der Waals surface area contributed by atoms with Crippen molar-refractivity contribution in [1.82, 2.24) is 4.90 Å². The van der Waals surface area contributed by atoms with Crippen molar-refractivity contribution in [3.05, 3.63) is 33.3 Å². The van der Waals surface area contributed by atoms with Crippen molar-refractivity contribution >= 4 is 28.9 Å². The van der Waals surface area contributed by atoms with Crippen LogP contribution in [0.25, 0.3) is 0 Å². The highest BCUT2D eigenvalue weighted by atomic mass is 35.5. The van der Waals surface area contributed by atoms with E-state index in [2.05, 4.69) is 5.32 Å². The number of halogens is 1. The molecular weight excluding hydrogens is 258 g/mol. The van der Waals surface area contributed by atoms with Crippen LogP contribution in [0.15, 0.2) is 18.2 Å². The minimum Gasteiger partial charge on any atom is -0.367 e. The normalized spacial score (nSPS) is 11.8. The van der Waals surface area contributed by atoms with Gasteiger partial charge in [-0.1, -0.05) is 17.7 Å². The summed E-state index contributed by atoms with van der Waals surface area (Å²) in [6.07, 6.45) is 0. The maximum absolute atomic E-state index is 11.7. The van der Waals surface area contributed by atoms with E-state index in [-0.39, 0.29) is 22.3 Å². The van der Waals surface area contributed by atoms with E-state index >= 15 is 0 Å². The van der Waals surface area contributed by atoms with Crippen LogP contribution in [-0.2, 0) is 4.79 Å². The van der Waals surface area contributed by atoms with E-state index in [1.807, 2.05) is 0 Å². The summed E-state index contributed by atoms with van der Waals surface area (Å²) in [5.41, 5.74) is 0.00720. The van der Waals surface area contributed by atoms with Gasteiger partial charge in [0.25, 0.3) is 5.69 Å². The molecule has 1 rings (SSSR count). The Morgan fingerprint density at radius 3 is 2.61 bits per heavy atom. The van der Waals surface area contributed by atoms with Crippen molar-refractivity contribution in [2.75, 3.05) is 19.4 Å². The summed E-state index contributed by atoms with van der Waals surface area (Å²) in [5.74, 6) is -0.191. The lowest BCUT2D eigenvalue weighted by molar-refractivity contribution is -0.384. The van der Waals surface area contributed by atoms with E-state index in [0.29, 0.717) is 0 Å². The first kappa shape index (κ1) is 14.2. The molecule has 0 heterocycles. The highest BCUT2D eigenvalue weighted by Crippen LogP contribution is 2.32. The molecule has 1 atom stereocenters. The Bertz CT molecular complexity index is 477. The number of nitrogens with zero attached hydrogens (tertiary/aromatic N) is 2. The summed E-state index contributed by atoms with van der Waals surface area (Å²) < 4.78 is 0. The minimum atomic E-state index is -0.599. The van der Waals surface area contributed by atoms with Crippen LogP contribution < -0.4 is 5.32 Å². The van der Waals surface area contributed by atoms with Gasteiger partial charge in [-0.25, -0.2) is 0 Å². The maximum Gasteiger partial charge on any atom is 0.293 e. The molecule has 18 heavy (non-hydrogen) atoms. The van der Waals surface area contributed by atoms with Crippen LogP contribution in [0.3, 0.4) is 0 Å². The van der Waals surface area contributed by atoms with E-state index in [1.165, 1.54) is 23.1 Å². The van der Waals surface area contributed by atoms with Crippen LogP contribution in [0.1, 0.15) is 6.92 Å². The molecule has 1 aromatic carbocycles. The summed E-state index contributed by atoms with van der Waals surface area (Å²) >= 11 is 5.91. The first-order valence-electron chi connectivity index (χ1n) is 5.25. The van der Waals surface area contributed by atoms with Gasteiger partial charge in [-0.15, -0.1) is 0 Å². The average molecular weight is 272 g/mol. The Labute approximate surface area is 110 Å². The van der Waals surface area contributed by atoms with Gasteiger partial charge in [-0.3, -0.25) is 14.9 Å². The summed E-state index contributed by atoms with van der Waals surface area (Å²) in [5, 5.41) is 13.9. The van der Waals surface area contributed by atoms with E-state index in [1.54, 1.807) is 21.0 Å². The largest absolute Gasteiger partial charge is 0.367 e. The molecule has 98 valence electrons. The van der Waals surface area contributed by atoms with Gasteiger partial charge in [0.05, 0.1) is 9.95 Å². The monoisotopic (exact) mass is 271 g/mol. The fourth-order valence-corrected chi connectivity index (χ4v) is 1.70. The molecule has 0 spiro atoms. The van der Waals surface area contributed by atoms with Gasteiger partial charge in [0, 0.05) is 20.2 Å². The lowest BCUT2D eigenvalue weighted by Crippen LogP contribution is -2.36. The van der Waals surface area contributed by atoms with Gasteiger partial charge in [0.15, 0.2) is 0 Å². The zero-order valence-electron chi connectivity index (χ0n) is 10.3. The summed E-state index contributed by atoms with van der Waals surface area (Å²) in [6.45, 7) is 1.62. The van der Waals surface area contributed by atoms with E-state index in [4.69, 9.17) is 11.6 Å². The number of hydrogen-bond acceptors (Lipinski definition) is 4. The number of hydrogen-bond donors (Lipinski definition) is 1. The molecule has 0 aromatic heterocycles. The first-order valence-corrected chi connectivity index (χ1v) is 5.63. The van der Waals surface area contributed by atoms with Gasteiger partial charge in [0.2, 0.25) is 5.91 Å². The molecule has 1 unspecified atom stereocenters. The highest BCUT2D eigenvalue weighted by Gasteiger charge is 2.22. The molecule has 6 nitrogen and oxygen atoms in total. The van der Waals surface area contributed by atoms with E-state index < -0.39 is 11.0 Å². The van der Waals surface area contributed by atoms with Crippen LogP contribution >= 0.6 is 11.6 Å². The van der Waals surface area contributed by atoms with Crippen molar-refractivity contribution in [2.45, 2.75) is 13.0 Å². The SMILES string of the molecule is CC(Nc1c(Cl)cccc1[N+](=O)[O-])C(=O)N(C)C. The Morgan fingerprint density at radius 1 is 1.50 bits per heavy atom. The number of benzene rings is 1. The quantitative estimate of drug-likeness (QED) is 0.672. The molecule has 0 saturated heterocycles. The van der Waals surface area contributed by atoms with Gasteiger partial charge >= 0.3 is 0 Å². The van der Waals surface area contributed by atoms with Crippen molar-refractivity contribution < 1.29 is 9.72 Å². The van der Waals surface area contributed by atoms with Crippen molar-refractivity contribution in [2.24, 2.45) is 0 Å². The Kier molecular flexibility index (Phi) is 4.49. The second-order valence-corrected chi connectivity index (χ2v) is 4.40. The number of para-hydroxylation sites is 1. The number of nitrogens with one attached hydrogen (secondary N) is 1. The Balaban J connectivity index is 3.04. The Morgan fingerprint density at radius 2 is 2.11 bits per heavy atom. The highest BCUT2D eigenvalue weighted by molar-refractivity contribution is 6.33. The summed E-state index contributed by atoms with van der Waals surface area (Å²) in [7, 11) is 3.23. The van der Waals surface area contributed by atoms with Crippen LogP contribution in [0, 0.1) is 10.1 Å². The van der Waals surface area contributed by atoms with Crippen LogP contribution in [0.5, 0.6) is 0 Å². The van der Waals surface area contributed by atoms with Crippen molar-refractivity contribution in [3.63, 3.8) is 0 Å². The summed E-state index contributed by atoms with van der Waals surface area (Å²) in [4.78, 5) is 23.4. The van der Waals surface area contributed by atoms with E-state index in [9.17, 15) is 14.9 Å². The average Bonchev–Trinajstić information content (AvgIpc) is 2.30. The smallest absolute Gasteiger partial charge is 0.293 e. The van der Waals surface area contributed by atoms with Crippen LogP contribution in [0.2, 0.25) is 5.02 Å². The lowest BCUT2D eigenvalue weighted by atomic mass is 10.2. The third-order valence-electron chi connectivity index (χ3n) is 2.36. The number of nitro groups is 1. The molecule has 7 heteroatoms. The van der Waals surface area contributed by atoms with Gasteiger partial charge in [0.1, 0.15) is 11.7 Å². The second-order valence-electron chi connectivity index (χ2n) is 3.99. The van der Waals surface area contributed by atoms with Crippen LogP contribution in [0.4, 0.5) is 11.4 Å².